The third-order valence-corrected chi connectivity index (χ3v) is 6.93. The Morgan fingerprint density at radius 2 is 1.52 bits per heavy atom. The Morgan fingerprint density at radius 3 is 2.12 bits per heavy atom. The molecular weight excluding hydrogens is 436 g/mol. The van der Waals surface area contributed by atoms with Crippen LogP contribution in [0.4, 0.5) is 5.69 Å². The molecular formula is C26H30N2O4S. The topological polar surface area (TPSA) is 75.7 Å². The molecule has 0 heterocycles. The van der Waals surface area contributed by atoms with Crippen molar-refractivity contribution in [2.45, 2.75) is 31.3 Å². The fourth-order valence-electron chi connectivity index (χ4n) is 3.27. The molecule has 3 rings (SSSR count). The zero-order chi connectivity index (χ0) is 23.7. The van der Waals surface area contributed by atoms with Gasteiger partial charge >= 0.3 is 0 Å². The number of amides is 1. The Balaban J connectivity index is 1.67. The van der Waals surface area contributed by atoms with E-state index in [1.807, 2.05) is 42.5 Å². The second-order valence-electron chi connectivity index (χ2n) is 7.96. The van der Waals surface area contributed by atoms with Gasteiger partial charge < -0.3 is 10.1 Å². The van der Waals surface area contributed by atoms with E-state index in [2.05, 4.69) is 19.2 Å². The summed E-state index contributed by atoms with van der Waals surface area (Å²) in [6.07, 6.45) is 0. The predicted octanol–water partition coefficient (Wildman–Crippen LogP) is 4.34. The van der Waals surface area contributed by atoms with Gasteiger partial charge in [0.1, 0.15) is 6.54 Å². The number of sulfonamides is 1. The van der Waals surface area contributed by atoms with Gasteiger partial charge in [-0.15, -0.1) is 0 Å². The standard InChI is InChI=1S/C26H30N2O4S/c1-21(2)23-13-15-24(16-14-23)28(33(30,31)25-11-7-4-8-12-25)19-26(29)27-17-18-32-20-22-9-5-3-6-10-22/h3-16,21H,17-20H2,1-2H3,(H,27,29). The SMILES string of the molecule is CC(C)c1ccc(N(CC(=O)NCCOCc2ccccc2)S(=O)(=O)c2ccccc2)cc1. The number of nitrogens with zero attached hydrogens (tertiary/aromatic N) is 1. The first kappa shape index (κ1) is 24.5. The van der Waals surface area contributed by atoms with Gasteiger partial charge in [-0.05, 0) is 41.3 Å². The average Bonchev–Trinajstić information content (AvgIpc) is 2.83. The fraction of sp³-hybridized carbons (Fsp3) is 0.269. The minimum atomic E-state index is -3.91. The minimum absolute atomic E-state index is 0.136. The maximum Gasteiger partial charge on any atom is 0.264 e. The van der Waals surface area contributed by atoms with Crippen molar-refractivity contribution in [3.05, 3.63) is 96.1 Å². The monoisotopic (exact) mass is 466 g/mol. The van der Waals surface area contributed by atoms with E-state index in [0.717, 1.165) is 15.4 Å². The van der Waals surface area contributed by atoms with Crippen LogP contribution in [0.1, 0.15) is 30.9 Å². The second kappa shape index (κ2) is 11.6. The molecule has 0 aromatic heterocycles. The molecule has 0 radical (unpaired) electrons. The number of ether oxygens (including phenoxy) is 1. The van der Waals surface area contributed by atoms with Crippen LogP contribution in [0.3, 0.4) is 0 Å². The van der Waals surface area contributed by atoms with Gasteiger partial charge in [0.05, 0.1) is 23.8 Å². The summed E-state index contributed by atoms with van der Waals surface area (Å²) in [7, 11) is -3.91. The Bertz CT molecular complexity index is 1120. The molecule has 0 aliphatic carbocycles. The van der Waals surface area contributed by atoms with Crippen molar-refractivity contribution in [1.82, 2.24) is 5.32 Å². The summed E-state index contributed by atoms with van der Waals surface area (Å²) in [5.74, 6) is -0.0804. The van der Waals surface area contributed by atoms with Gasteiger partial charge in [-0.1, -0.05) is 74.5 Å². The quantitative estimate of drug-likeness (QED) is 0.427. The Labute approximate surface area is 196 Å². The zero-order valence-electron chi connectivity index (χ0n) is 19.0. The lowest BCUT2D eigenvalue weighted by Crippen LogP contribution is -2.41. The van der Waals surface area contributed by atoms with Crippen molar-refractivity contribution < 1.29 is 17.9 Å². The Hall–Kier alpha value is -3.16. The first-order valence-electron chi connectivity index (χ1n) is 10.9. The highest BCUT2D eigenvalue weighted by atomic mass is 32.2. The molecule has 6 nitrogen and oxygen atoms in total. The van der Waals surface area contributed by atoms with Crippen LogP contribution in [0, 0.1) is 0 Å². The lowest BCUT2D eigenvalue weighted by atomic mass is 10.0. The van der Waals surface area contributed by atoms with Crippen molar-refractivity contribution in [2.24, 2.45) is 0 Å². The summed E-state index contributed by atoms with van der Waals surface area (Å²) < 4.78 is 33.4. The molecule has 0 aliphatic rings. The Kier molecular flexibility index (Phi) is 8.63. The average molecular weight is 467 g/mol. The van der Waals surface area contributed by atoms with Gasteiger partial charge in [-0.3, -0.25) is 9.10 Å². The molecule has 0 bridgehead atoms. The second-order valence-corrected chi connectivity index (χ2v) is 9.82. The van der Waals surface area contributed by atoms with Crippen LogP contribution in [0.15, 0.2) is 89.8 Å². The predicted molar refractivity (Wildman–Crippen MR) is 131 cm³/mol. The molecule has 0 fully saturated rings. The van der Waals surface area contributed by atoms with Gasteiger partial charge in [0.15, 0.2) is 0 Å². The highest BCUT2D eigenvalue weighted by Gasteiger charge is 2.27. The van der Waals surface area contributed by atoms with Crippen LogP contribution in [0.25, 0.3) is 0 Å². The lowest BCUT2D eigenvalue weighted by Gasteiger charge is -2.24. The fourth-order valence-corrected chi connectivity index (χ4v) is 4.72. The van der Waals surface area contributed by atoms with Crippen LogP contribution >= 0.6 is 0 Å². The number of nitrogens with one attached hydrogen (secondary N) is 1. The van der Waals surface area contributed by atoms with Gasteiger partial charge in [0, 0.05) is 6.54 Å². The first-order valence-corrected chi connectivity index (χ1v) is 12.4. The highest BCUT2D eigenvalue weighted by molar-refractivity contribution is 7.92. The third kappa shape index (κ3) is 6.91. The first-order chi connectivity index (χ1) is 15.9. The van der Waals surface area contributed by atoms with Crippen LogP contribution in [-0.4, -0.2) is 34.0 Å². The molecule has 7 heteroatoms. The third-order valence-electron chi connectivity index (χ3n) is 5.15. The van der Waals surface area contributed by atoms with Crippen molar-refractivity contribution in [2.75, 3.05) is 24.0 Å². The number of carbonyl (C=O) groups excluding carboxylic acids is 1. The number of carbonyl (C=O) groups is 1. The van der Waals surface area contributed by atoms with Gasteiger partial charge in [0.2, 0.25) is 5.91 Å². The van der Waals surface area contributed by atoms with Gasteiger partial charge in [-0.25, -0.2) is 8.42 Å². The van der Waals surface area contributed by atoms with Crippen LogP contribution in [0.5, 0.6) is 0 Å². The number of rotatable bonds is 11. The van der Waals surface area contributed by atoms with Crippen LogP contribution < -0.4 is 9.62 Å². The summed E-state index contributed by atoms with van der Waals surface area (Å²) in [6.45, 7) is 4.89. The van der Waals surface area contributed by atoms with Crippen LogP contribution in [0.2, 0.25) is 0 Å². The molecule has 0 saturated heterocycles. The van der Waals surface area contributed by atoms with Crippen molar-refractivity contribution in [3.8, 4) is 0 Å². The largest absolute Gasteiger partial charge is 0.375 e. The molecule has 0 saturated carbocycles. The van der Waals surface area contributed by atoms with Gasteiger partial charge in [0.25, 0.3) is 10.0 Å². The summed E-state index contributed by atoms with van der Waals surface area (Å²) >= 11 is 0. The number of anilines is 1. The maximum atomic E-state index is 13.3. The minimum Gasteiger partial charge on any atom is -0.375 e. The van der Waals surface area contributed by atoms with Crippen molar-refractivity contribution in [3.63, 3.8) is 0 Å². The van der Waals surface area contributed by atoms with E-state index in [1.54, 1.807) is 30.3 Å². The van der Waals surface area contributed by atoms with E-state index in [0.29, 0.717) is 24.8 Å². The molecule has 174 valence electrons. The molecule has 33 heavy (non-hydrogen) atoms. The van der Waals surface area contributed by atoms with E-state index in [-0.39, 0.29) is 18.0 Å². The van der Waals surface area contributed by atoms with E-state index in [1.165, 1.54) is 12.1 Å². The summed E-state index contributed by atoms with van der Waals surface area (Å²) in [4.78, 5) is 12.8. The van der Waals surface area contributed by atoms with E-state index < -0.39 is 15.9 Å². The van der Waals surface area contributed by atoms with Gasteiger partial charge in [-0.2, -0.15) is 0 Å². The number of hydrogen-bond acceptors (Lipinski definition) is 4. The lowest BCUT2D eigenvalue weighted by molar-refractivity contribution is -0.119. The van der Waals surface area contributed by atoms with E-state index >= 15 is 0 Å². The summed E-state index contributed by atoms with van der Waals surface area (Å²) in [5.41, 5.74) is 2.59. The number of hydrogen-bond donors (Lipinski definition) is 1. The van der Waals surface area contributed by atoms with Crippen molar-refractivity contribution in [1.29, 1.82) is 0 Å². The van der Waals surface area contributed by atoms with E-state index in [4.69, 9.17) is 4.74 Å². The zero-order valence-corrected chi connectivity index (χ0v) is 19.8. The van der Waals surface area contributed by atoms with Crippen molar-refractivity contribution >= 4 is 21.6 Å². The molecule has 0 aliphatic heterocycles. The molecule has 3 aromatic carbocycles. The highest BCUT2D eigenvalue weighted by Crippen LogP contribution is 2.25. The molecule has 0 atom stereocenters. The molecule has 1 N–H and O–H groups in total. The molecule has 3 aromatic rings. The Morgan fingerprint density at radius 1 is 0.909 bits per heavy atom. The summed E-state index contributed by atoms with van der Waals surface area (Å²) in [6, 6.07) is 25.2. The molecule has 1 amide bonds. The summed E-state index contributed by atoms with van der Waals surface area (Å²) in [5, 5.41) is 2.75. The smallest absolute Gasteiger partial charge is 0.264 e. The molecule has 0 unspecified atom stereocenters. The van der Waals surface area contributed by atoms with E-state index in [9.17, 15) is 13.2 Å². The maximum absolute atomic E-state index is 13.3. The van der Waals surface area contributed by atoms with Crippen LogP contribution in [-0.2, 0) is 26.2 Å². The molecule has 0 spiro atoms. The number of benzene rings is 3. The normalized spacial score (nSPS) is 11.4.